The van der Waals surface area contributed by atoms with E-state index in [9.17, 15) is 5.11 Å². The van der Waals surface area contributed by atoms with Gasteiger partial charge < -0.3 is 20.3 Å². The molecule has 2 heterocycles. The maximum Gasteiger partial charge on any atom is 0.222 e. The number of anilines is 2. The highest BCUT2D eigenvalue weighted by atomic mass is 16.3. The highest BCUT2D eigenvalue weighted by Crippen LogP contribution is 2.36. The van der Waals surface area contributed by atoms with Crippen LogP contribution in [0, 0.1) is 0 Å². The van der Waals surface area contributed by atoms with Crippen LogP contribution in [-0.4, -0.2) is 39.3 Å². The molecule has 6 heteroatoms. The van der Waals surface area contributed by atoms with E-state index in [1.165, 1.54) is 10.9 Å². The van der Waals surface area contributed by atoms with E-state index in [4.69, 9.17) is 5.73 Å². The minimum atomic E-state index is -0.204. The summed E-state index contributed by atoms with van der Waals surface area (Å²) in [6, 6.07) is 12.5. The lowest BCUT2D eigenvalue weighted by Crippen LogP contribution is -2.28. The molecular weight excluding hydrogens is 314 g/mol. The van der Waals surface area contributed by atoms with Crippen molar-refractivity contribution in [3.63, 3.8) is 0 Å². The zero-order valence-electron chi connectivity index (χ0n) is 14.3. The van der Waals surface area contributed by atoms with E-state index in [0.717, 1.165) is 37.4 Å². The Morgan fingerprint density at radius 2 is 2.04 bits per heavy atom. The van der Waals surface area contributed by atoms with Crippen molar-refractivity contribution in [2.75, 3.05) is 24.2 Å². The van der Waals surface area contributed by atoms with Crippen LogP contribution < -0.4 is 10.6 Å². The van der Waals surface area contributed by atoms with Crippen LogP contribution in [0.2, 0.25) is 0 Å². The van der Waals surface area contributed by atoms with Crippen molar-refractivity contribution < 1.29 is 5.11 Å². The van der Waals surface area contributed by atoms with Gasteiger partial charge in [0.05, 0.1) is 11.8 Å². The van der Waals surface area contributed by atoms with E-state index >= 15 is 0 Å². The summed E-state index contributed by atoms with van der Waals surface area (Å²) in [7, 11) is 2.02. The SMILES string of the molecule is CN(CCn1ccc2ccccc21)c1cc(C2CC(O)C2)nc(N)n1. The van der Waals surface area contributed by atoms with Crippen LogP contribution in [0.25, 0.3) is 10.9 Å². The molecule has 130 valence electrons. The Kier molecular flexibility index (Phi) is 4.05. The second-order valence-corrected chi connectivity index (χ2v) is 6.82. The van der Waals surface area contributed by atoms with Crippen LogP contribution in [0.4, 0.5) is 11.8 Å². The van der Waals surface area contributed by atoms with Crippen molar-refractivity contribution in [1.29, 1.82) is 0 Å². The first-order valence-electron chi connectivity index (χ1n) is 8.67. The molecule has 1 fully saturated rings. The molecule has 0 aliphatic heterocycles. The molecule has 1 saturated carbocycles. The van der Waals surface area contributed by atoms with E-state index in [1.807, 2.05) is 13.1 Å². The van der Waals surface area contributed by atoms with Crippen molar-refractivity contribution >= 4 is 22.7 Å². The number of likely N-dealkylation sites (N-methyl/N-ethyl adjacent to an activating group) is 1. The Hall–Kier alpha value is -2.60. The molecule has 0 amide bonds. The van der Waals surface area contributed by atoms with E-state index in [0.29, 0.717) is 11.9 Å². The maximum absolute atomic E-state index is 9.52. The summed E-state index contributed by atoms with van der Waals surface area (Å²) in [5.41, 5.74) is 8.07. The molecule has 3 N–H and O–H groups in total. The van der Waals surface area contributed by atoms with Crippen molar-refractivity contribution in [3.8, 4) is 0 Å². The Bertz CT molecular complexity index is 884. The van der Waals surface area contributed by atoms with Gasteiger partial charge in [0.15, 0.2) is 0 Å². The highest BCUT2D eigenvalue weighted by Gasteiger charge is 2.30. The zero-order valence-corrected chi connectivity index (χ0v) is 14.3. The fourth-order valence-electron chi connectivity index (χ4n) is 3.41. The summed E-state index contributed by atoms with van der Waals surface area (Å²) >= 11 is 0. The van der Waals surface area contributed by atoms with Gasteiger partial charge in [-0.25, -0.2) is 4.98 Å². The number of benzene rings is 1. The van der Waals surface area contributed by atoms with Gasteiger partial charge in [0.25, 0.3) is 0 Å². The minimum absolute atomic E-state index is 0.204. The molecule has 3 aromatic rings. The Morgan fingerprint density at radius 3 is 2.84 bits per heavy atom. The number of aliphatic hydroxyl groups excluding tert-OH is 1. The lowest BCUT2D eigenvalue weighted by atomic mass is 9.80. The van der Waals surface area contributed by atoms with Crippen LogP contribution in [0.5, 0.6) is 0 Å². The highest BCUT2D eigenvalue weighted by molar-refractivity contribution is 5.79. The normalized spacial score (nSPS) is 19.8. The van der Waals surface area contributed by atoms with Crippen LogP contribution >= 0.6 is 0 Å². The van der Waals surface area contributed by atoms with E-state index in [2.05, 4.69) is 56.0 Å². The molecule has 0 spiro atoms. The van der Waals surface area contributed by atoms with Gasteiger partial charge in [0, 0.05) is 43.8 Å². The number of aromatic nitrogens is 3. The van der Waals surface area contributed by atoms with Gasteiger partial charge >= 0.3 is 0 Å². The number of fused-ring (bicyclic) bond motifs is 1. The van der Waals surface area contributed by atoms with Gasteiger partial charge in [-0.2, -0.15) is 4.98 Å². The zero-order chi connectivity index (χ0) is 17.4. The quantitative estimate of drug-likeness (QED) is 0.747. The number of rotatable bonds is 5. The lowest BCUT2D eigenvalue weighted by Gasteiger charge is -2.31. The number of hydrogen-bond donors (Lipinski definition) is 2. The number of nitrogens with two attached hydrogens (primary N) is 1. The van der Waals surface area contributed by atoms with E-state index in [-0.39, 0.29) is 6.10 Å². The predicted molar refractivity (Wildman–Crippen MR) is 99.6 cm³/mol. The Labute approximate surface area is 146 Å². The number of para-hydroxylation sites is 1. The molecular formula is C19H23N5O. The van der Waals surface area contributed by atoms with Crippen LogP contribution in [-0.2, 0) is 6.54 Å². The Morgan fingerprint density at radius 1 is 1.24 bits per heavy atom. The third-order valence-corrected chi connectivity index (χ3v) is 5.03. The summed E-state index contributed by atoms with van der Waals surface area (Å²) in [4.78, 5) is 10.8. The number of nitrogen functional groups attached to an aromatic ring is 1. The third-order valence-electron chi connectivity index (χ3n) is 5.03. The van der Waals surface area contributed by atoms with E-state index in [1.54, 1.807) is 0 Å². The smallest absolute Gasteiger partial charge is 0.222 e. The van der Waals surface area contributed by atoms with Crippen molar-refractivity contribution in [2.24, 2.45) is 0 Å². The summed E-state index contributed by atoms with van der Waals surface area (Å²) in [6.07, 6.45) is 3.43. The average Bonchev–Trinajstić information content (AvgIpc) is 2.99. The van der Waals surface area contributed by atoms with Gasteiger partial charge in [0.2, 0.25) is 5.95 Å². The van der Waals surface area contributed by atoms with Crippen LogP contribution in [0.3, 0.4) is 0 Å². The second kappa shape index (κ2) is 6.37. The first-order valence-corrected chi connectivity index (χ1v) is 8.67. The lowest BCUT2D eigenvalue weighted by molar-refractivity contribution is 0.0732. The molecule has 1 aliphatic carbocycles. The molecule has 4 rings (SSSR count). The van der Waals surface area contributed by atoms with E-state index < -0.39 is 0 Å². The number of aliphatic hydroxyl groups is 1. The second-order valence-electron chi connectivity index (χ2n) is 6.82. The molecule has 2 aromatic heterocycles. The molecule has 0 atom stereocenters. The van der Waals surface area contributed by atoms with Gasteiger partial charge in [-0.05, 0) is 30.4 Å². The average molecular weight is 337 g/mol. The summed E-state index contributed by atoms with van der Waals surface area (Å²) in [6.45, 7) is 1.69. The molecule has 0 saturated heterocycles. The summed E-state index contributed by atoms with van der Waals surface area (Å²) < 4.78 is 2.25. The first-order chi connectivity index (χ1) is 12.1. The monoisotopic (exact) mass is 337 g/mol. The molecule has 1 aliphatic rings. The predicted octanol–water partition coefficient (Wildman–Crippen LogP) is 2.39. The standard InChI is InChI=1S/C19H23N5O/c1-23(8-9-24-7-6-13-4-2-3-5-17(13)24)18-12-16(21-19(20)22-18)14-10-15(25)11-14/h2-7,12,14-15,25H,8-11H2,1H3,(H2,20,21,22). The van der Waals surface area contributed by atoms with Crippen molar-refractivity contribution in [3.05, 3.63) is 48.3 Å². The fraction of sp³-hybridized carbons (Fsp3) is 0.368. The topological polar surface area (TPSA) is 80.2 Å². The molecule has 0 bridgehead atoms. The van der Waals surface area contributed by atoms with Gasteiger partial charge in [0.1, 0.15) is 5.82 Å². The molecule has 0 radical (unpaired) electrons. The first kappa shape index (κ1) is 15.9. The van der Waals surface area contributed by atoms with Gasteiger partial charge in [-0.1, -0.05) is 18.2 Å². The van der Waals surface area contributed by atoms with Crippen LogP contribution in [0.1, 0.15) is 24.5 Å². The molecule has 6 nitrogen and oxygen atoms in total. The maximum atomic E-state index is 9.52. The summed E-state index contributed by atoms with van der Waals surface area (Å²) in [5, 5.41) is 10.8. The molecule has 1 aromatic carbocycles. The molecule has 0 unspecified atom stereocenters. The fourth-order valence-corrected chi connectivity index (χ4v) is 3.41. The Balaban J connectivity index is 1.48. The molecule has 25 heavy (non-hydrogen) atoms. The van der Waals surface area contributed by atoms with Crippen molar-refractivity contribution in [2.45, 2.75) is 31.4 Å². The number of hydrogen-bond acceptors (Lipinski definition) is 5. The summed E-state index contributed by atoms with van der Waals surface area (Å²) in [5.74, 6) is 1.42. The largest absolute Gasteiger partial charge is 0.393 e. The minimum Gasteiger partial charge on any atom is -0.393 e. The van der Waals surface area contributed by atoms with Crippen molar-refractivity contribution in [1.82, 2.24) is 14.5 Å². The number of nitrogens with zero attached hydrogens (tertiary/aromatic N) is 4. The van der Waals surface area contributed by atoms with Gasteiger partial charge in [-0.15, -0.1) is 0 Å². The van der Waals surface area contributed by atoms with Gasteiger partial charge in [-0.3, -0.25) is 0 Å². The third kappa shape index (κ3) is 3.17. The van der Waals surface area contributed by atoms with Crippen LogP contribution in [0.15, 0.2) is 42.6 Å².